The summed E-state index contributed by atoms with van der Waals surface area (Å²) in [7, 11) is 0. The molecule has 5 heteroatoms. The molecule has 0 aromatic heterocycles. The SMILES string of the molecule is N#Cc1cc([N+](=O)[O-])ccc1OCC1CCCCC1. The molecule has 0 N–H and O–H groups in total. The van der Waals surface area contributed by atoms with Crippen molar-refractivity contribution in [3.63, 3.8) is 0 Å². The van der Waals surface area contributed by atoms with Gasteiger partial charge in [0.25, 0.3) is 5.69 Å². The minimum absolute atomic E-state index is 0.0819. The van der Waals surface area contributed by atoms with Crippen LogP contribution < -0.4 is 4.74 Å². The lowest BCUT2D eigenvalue weighted by Gasteiger charge is -2.21. The summed E-state index contributed by atoms with van der Waals surface area (Å²) < 4.78 is 5.66. The highest BCUT2D eigenvalue weighted by Crippen LogP contribution is 2.27. The highest BCUT2D eigenvalue weighted by Gasteiger charge is 2.16. The average Bonchev–Trinajstić information content (AvgIpc) is 2.45. The van der Waals surface area contributed by atoms with Crippen LogP contribution in [-0.4, -0.2) is 11.5 Å². The number of nitro groups is 1. The van der Waals surface area contributed by atoms with E-state index in [1.807, 2.05) is 6.07 Å². The predicted molar refractivity (Wildman–Crippen MR) is 69.9 cm³/mol. The van der Waals surface area contributed by atoms with Crippen LogP contribution in [0.5, 0.6) is 5.75 Å². The summed E-state index contributed by atoms with van der Waals surface area (Å²) in [5, 5.41) is 19.6. The zero-order valence-electron chi connectivity index (χ0n) is 10.7. The number of hydrogen-bond acceptors (Lipinski definition) is 4. The Morgan fingerprint density at radius 1 is 1.37 bits per heavy atom. The van der Waals surface area contributed by atoms with Gasteiger partial charge in [0.1, 0.15) is 17.4 Å². The van der Waals surface area contributed by atoms with Gasteiger partial charge in [-0.05, 0) is 24.8 Å². The predicted octanol–water partition coefficient (Wildman–Crippen LogP) is 3.43. The van der Waals surface area contributed by atoms with Crippen molar-refractivity contribution in [3.05, 3.63) is 33.9 Å². The summed E-state index contributed by atoms with van der Waals surface area (Å²) in [6, 6.07) is 6.09. The summed E-state index contributed by atoms with van der Waals surface area (Å²) in [5.41, 5.74) is 0.145. The molecule has 1 fully saturated rings. The van der Waals surface area contributed by atoms with Crippen molar-refractivity contribution in [1.29, 1.82) is 5.26 Å². The zero-order chi connectivity index (χ0) is 13.7. The van der Waals surface area contributed by atoms with E-state index in [2.05, 4.69) is 0 Å². The maximum atomic E-state index is 10.6. The molecule has 5 nitrogen and oxygen atoms in total. The minimum Gasteiger partial charge on any atom is -0.492 e. The number of nitrogens with zero attached hydrogens (tertiary/aromatic N) is 2. The molecular formula is C14H16N2O3. The Labute approximate surface area is 112 Å². The summed E-state index contributed by atoms with van der Waals surface area (Å²) in [5.74, 6) is 0.981. The van der Waals surface area contributed by atoms with Gasteiger partial charge in [0.05, 0.1) is 11.5 Å². The third-order valence-corrected chi connectivity index (χ3v) is 3.49. The van der Waals surface area contributed by atoms with Gasteiger partial charge < -0.3 is 4.74 Å². The molecule has 1 aliphatic carbocycles. The molecule has 1 aromatic carbocycles. The zero-order valence-corrected chi connectivity index (χ0v) is 10.7. The molecule has 0 atom stereocenters. The van der Waals surface area contributed by atoms with Crippen molar-refractivity contribution in [2.75, 3.05) is 6.61 Å². The molecule has 0 saturated heterocycles. The molecule has 0 spiro atoms. The fourth-order valence-corrected chi connectivity index (χ4v) is 2.41. The maximum Gasteiger partial charge on any atom is 0.271 e. The van der Waals surface area contributed by atoms with Gasteiger partial charge in [-0.1, -0.05) is 19.3 Å². The molecule has 0 aliphatic heterocycles. The molecule has 0 amide bonds. The third-order valence-electron chi connectivity index (χ3n) is 3.49. The van der Waals surface area contributed by atoms with Crippen molar-refractivity contribution < 1.29 is 9.66 Å². The maximum absolute atomic E-state index is 10.6. The van der Waals surface area contributed by atoms with Gasteiger partial charge in [0.2, 0.25) is 0 Å². The molecular weight excluding hydrogens is 244 g/mol. The van der Waals surface area contributed by atoms with Crippen LogP contribution in [0.3, 0.4) is 0 Å². The second kappa shape index (κ2) is 6.19. The standard InChI is InChI=1S/C14H16N2O3/c15-9-12-8-13(16(17)18)6-7-14(12)19-10-11-4-2-1-3-5-11/h6-8,11H,1-5,10H2. The van der Waals surface area contributed by atoms with Gasteiger partial charge >= 0.3 is 0 Å². The van der Waals surface area contributed by atoms with E-state index in [-0.39, 0.29) is 11.3 Å². The second-order valence-electron chi connectivity index (χ2n) is 4.86. The van der Waals surface area contributed by atoms with Crippen LogP contribution in [0.1, 0.15) is 37.7 Å². The van der Waals surface area contributed by atoms with Crippen LogP contribution >= 0.6 is 0 Å². The van der Waals surface area contributed by atoms with E-state index in [9.17, 15) is 10.1 Å². The highest BCUT2D eigenvalue weighted by atomic mass is 16.6. The summed E-state index contributed by atoms with van der Waals surface area (Å²) >= 11 is 0. The quantitative estimate of drug-likeness (QED) is 0.614. The Morgan fingerprint density at radius 3 is 2.74 bits per heavy atom. The average molecular weight is 260 g/mol. The van der Waals surface area contributed by atoms with Crippen molar-refractivity contribution in [1.82, 2.24) is 0 Å². The third kappa shape index (κ3) is 3.44. The monoisotopic (exact) mass is 260 g/mol. The van der Waals surface area contributed by atoms with Gasteiger partial charge in [-0.15, -0.1) is 0 Å². The first-order valence-corrected chi connectivity index (χ1v) is 6.52. The van der Waals surface area contributed by atoms with Crippen molar-refractivity contribution >= 4 is 5.69 Å². The van der Waals surface area contributed by atoms with E-state index >= 15 is 0 Å². The summed E-state index contributed by atoms with van der Waals surface area (Å²) in [4.78, 5) is 10.1. The Kier molecular flexibility index (Phi) is 4.35. The lowest BCUT2D eigenvalue weighted by molar-refractivity contribution is -0.384. The number of hydrogen-bond donors (Lipinski definition) is 0. The number of nitro benzene ring substituents is 1. The first kappa shape index (κ1) is 13.3. The van der Waals surface area contributed by atoms with E-state index < -0.39 is 4.92 Å². The molecule has 1 saturated carbocycles. The smallest absolute Gasteiger partial charge is 0.271 e. The number of nitriles is 1. The molecule has 100 valence electrons. The van der Waals surface area contributed by atoms with Gasteiger partial charge in [0, 0.05) is 12.1 Å². The van der Waals surface area contributed by atoms with Crippen LogP contribution in [0.15, 0.2) is 18.2 Å². The molecule has 1 aliphatic rings. The molecule has 0 heterocycles. The van der Waals surface area contributed by atoms with Crippen molar-refractivity contribution in [2.45, 2.75) is 32.1 Å². The number of non-ortho nitro benzene ring substituents is 1. The number of benzene rings is 1. The Balaban J connectivity index is 2.03. The van der Waals surface area contributed by atoms with E-state index in [1.54, 1.807) is 0 Å². The van der Waals surface area contributed by atoms with Gasteiger partial charge in [-0.2, -0.15) is 5.26 Å². The molecule has 0 bridgehead atoms. The van der Waals surface area contributed by atoms with E-state index in [0.29, 0.717) is 18.3 Å². The molecule has 0 radical (unpaired) electrons. The van der Waals surface area contributed by atoms with Gasteiger partial charge in [0.15, 0.2) is 0 Å². The number of rotatable bonds is 4. The number of ether oxygens (including phenoxy) is 1. The largest absolute Gasteiger partial charge is 0.492 e. The lowest BCUT2D eigenvalue weighted by atomic mass is 9.90. The lowest BCUT2D eigenvalue weighted by Crippen LogP contribution is -2.15. The van der Waals surface area contributed by atoms with Gasteiger partial charge in [-0.3, -0.25) is 10.1 Å². The topological polar surface area (TPSA) is 76.2 Å². The van der Waals surface area contributed by atoms with Crippen molar-refractivity contribution in [2.24, 2.45) is 5.92 Å². The van der Waals surface area contributed by atoms with Crippen molar-refractivity contribution in [3.8, 4) is 11.8 Å². The first-order chi connectivity index (χ1) is 9.20. The molecule has 1 aromatic rings. The van der Waals surface area contributed by atoms with Crippen LogP contribution in [-0.2, 0) is 0 Å². The Bertz CT molecular complexity index is 502. The van der Waals surface area contributed by atoms with E-state index in [1.165, 1.54) is 37.5 Å². The van der Waals surface area contributed by atoms with Gasteiger partial charge in [-0.25, -0.2) is 0 Å². The highest BCUT2D eigenvalue weighted by molar-refractivity contribution is 5.50. The van der Waals surface area contributed by atoms with Crippen LogP contribution in [0, 0.1) is 27.4 Å². The Morgan fingerprint density at radius 2 is 2.11 bits per heavy atom. The molecule has 2 rings (SSSR count). The first-order valence-electron chi connectivity index (χ1n) is 6.52. The summed E-state index contributed by atoms with van der Waals surface area (Å²) in [6.45, 7) is 0.590. The van der Waals surface area contributed by atoms with E-state index in [4.69, 9.17) is 10.00 Å². The minimum atomic E-state index is -0.508. The second-order valence-corrected chi connectivity index (χ2v) is 4.86. The summed E-state index contributed by atoms with van der Waals surface area (Å²) in [6.07, 6.45) is 6.08. The fraction of sp³-hybridized carbons (Fsp3) is 0.500. The van der Waals surface area contributed by atoms with Crippen LogP contribution in [0.2, 0.25) is 0 Å². The van der Waals surface area contributed by atoms with E-state index in [0.717, 1.165) is 12.8 Å². The normalized spacial score (nSPS) is 15.7. The molecule has 0 unspecified atom stereocenters. The van der Waals surface area contributed by atoms with Crippen LogP contribution in [0.4, 0.5) is 5.69 Å². The fourth-order valence-electron chi connectivity index (χ4n) is 2.41. The Hall–Kier alpha value is -2.09. The van der Waals surface area contributed by atoms with Crippen LogP contribution in [0.25, 0.3) is 0 Å². The molecule has 19 heavy (non-hydrogen) atoms.